The highest BCUT2D eigenvalue weighted by Gasteiger charge is 2.11. The molecule has 1 unspecified atom stereocenters. The molecule has 2 nitrogen and oxygen atoms in total. The molecule has 0 bridgehead atoms. The molecule has 1 atom stereocenters. The van der Waals surface area contributed by atoms with Crippen LogP contribution < -0.4 is 5.32 Å². The van der Waals surface area contributed by atoms with Crippen molar-refractivity contribution in [1.82, 2.24) is 5.32 Å². The fourth-order valence-corrected chi connectivity index (χ4v) is 2.47. The van der Waals surface area contributed by atoms with Crippen LogP contribution in [-0.4, -0.2) is 5.11 Å². The van der Waals surface area contributed by atoms with E-state index in [1.807, 2.05) is 36.4 Å². The maximum atomic E-state index is 9.01. The fraction of sp³-hybridized carbons (Fsp3) is 0.250. The molecule has 0 heterocycles. The third-order valence-electron chi connectivity index (χ3n) is 3.27. The monoisotopic (exact) mass is 309 g/mol. The molecule has 0 aliphatic carbocycles. The molecule has 0 aliphatic rings. The van der Waals surface area contributed by atoms with Gasteiger partial charge in [-0.15, -0.1) is 0 Å². The van der Waals surface area contributed by atoms with Crippen molar-refractivity contribution in [3.63, 3.8) is 0 Å². The lowest BCUT2D eigenvalue weighted by Crippen LogP contribution is -2.18. The van der Waals surface area contributed by atoms with Gasteiger partial charge >= 0.3 is 0 Å². The van der Waals surface area contributed by atoms with E-state index in [0.717, 1.165) is 23.2 Å². The molecule has 0 saturated heterocycles. The Kier molecular flexibility index (Phi) is 5.44. The number of hydrogen-bond donors (Lipinski definition) is 2. The average molecular weight is 310 g/mol. The number of halogens is 2. The Morgan fingerprint density at radius 1 is 1.05 bits per heavy atom. The lowest BCUT2D eigenvalue weighted by molar-refractivity contribution is 0.282. The van der Waals surface area contributed by atoms with Gasteiger partial charge in [-0.2, -0.15) is 0 Å². The lowest BCUT2D eigenvalue weighted by atomic mass is 10.1. The van der Waals surface area contributed by atoms with Gasteiger partial charge in [0, 0.05) is 12.6 Å². The summed E-state index contributed by atoms with van der Waals surface area (Å²) in [4.78, 5) is 0. The van der Waals surface area contributed by atoms with Crippen LogP contribution in [0.25, 0.3) is 0 Å². The van der Waals surface area contributed by atoms with Crippen LogP contribution in [0.15, 0.2) is 42.5 Å². The van der Waals surface area contributed by atoms with Crippen LogP contribution in [0, 0.1) is 0 Å². The van der Waals surface area contributed by atoms with E-state index < -0.39 is 0 Å². The van der Waals surface area contributed by atoms with Crippen molar-refractivity contribution in [2.45, 2.75) is 26.1 Å². The van der Waals surface area contributed by atoms with Gasteiger partial charge in [0.05, 0.1) is 16.7 Å². The normalized spacial score (nSPS) is 12.4. The highest BCUT2D eigenvalue weighted by Crippen LogP contribution is 2.29. The summed E-state index contributed by atoms with van der Waals surface area (Å²) in [5.41, 5.74) is 3.07. The van der Waals surface area contributed by atoms with E-state index >= 15 is 0 Å². The van der Waals surface area contributed by atoms with Gasteiger partial charge in [-0.25, -0.2) is 0 Å². The fourth-order valence-electron chi connectivity index (χ4n) is 2.00. The first kappa shape index (κ1) is 15.3. The molecule has 0 aromatic heterocycles. The summed E-state index contributed by atoms with van der Waals surface area (Å²) in [7, 11) is 0. The molecule has 2 N–H and O–H groups in total. The van der Waals surface area contributed by atoms with Gasteiger partial charge < -0.3 is 10.4 Å². The number of hydrogen-bond acceptors (Lipinski definition) is 2. The van der Waals surface area contributed by atoms with E-state index in [-0.39, 0.29) is 12.6 Å². The number of rotatable bonds is 5. The van der Waals surface area contributed by atoms with E-state index in [1.165, 1.54) is 0 Å². The summed E-state index contributed by atoms with van der Waals surface area (Å²) < 4.78 is 0. The largest absolute Gasteiger partial charge is 0.392 e. The SMILES string of the molecule is CC(NCc1ccc(CO)cc1)c1cccc(Cl)c1Cl. The highest BCUT2D eigenvalue weighted by atomic mass is 35.5. The molecular formula is C16H17Cl2NO. The maximum Gasteiger partial charge on any atom is 0.0681 e. The summed E-state index contributed by atoms with van der Waals surface area (Å²) >= 11 is 12.2. The molecule has 2 rings (SSSR count). The van der Waals surface area contributed by atoms with E-state index in [1.54, 1.807) is 6.07 Å². The van der Waals surface area contributed by atoms with Gasteiger partial charge in [0.15, 0.2) is 0 Å². The zero-order valence-corrected chi connectivity index (χ0v) is 12.7. The number of aliphatic hydroxyl groups is 1. The Bertz CT molecular complexity index is 569. The third kappa shape index (κ3) is 3.74. The third-order valence-corrected chi connectivity index (χ3v) is 4.10. The molecule has 0 radical (unpaired) electrons. The molecule has 0 fully saturated rings. The van der Waals surface area contributed by atoms with Gasteiger partial charge in [0.2, 0.25) is 0 Å². The van der Waals surface area contributed by atoms with Crippen molar-refractivity contribution in [2.24, 2.45) is 0 Å². The summed E-state index contributed by atoms with van der Waals surface area (Å²) in [6.07, 6.45) is 0. The predicted octanol–water partition coefficient (Wildman–Crippen LogP) is 4.34. The van der Waals surface area contributed by atoms with Gasteiger partial charge in [-0.05, 0) is 29.7 Å². The van der Waals surface area contributed by atoms with Gasteiger partial charge in [0.25, 0.3) is 0 Å². The van der Waals surface area contributed by atoms with Crippen molar-refractivity contribution in [3.8, 4) is 0 Å². The van der Waals surface area contributed by atoms with Crippen LogP contribution in [0.3, 0.4) is 0 Å². The molecule has 4 heteroatoms. The van der Waals surface area contributed by atoms with Crippen LogP contribution in [0.5, 0.6) is 0 Å². The molecule has 0 spiro atoms. The second-order valence-corrected chi connectivity index (χ2v) is 5.51. The van der Waals surface area contributed by atoms with Crippen molar-refractivity contribution in [2.75, 3.05) is 0 Å². The van der Waals surface area contributed by atoms with Gasteiger partial charge in [0.1, 0.15) is 0 Å². The van der Waals surface area contributed by atoms with Crippen LogP contribution in [0.2, 0.25) is 10.0 Å². The molecule has 20 heavy (non-hydrogen) atoms. The van der Waals surface area contributed by atoms with E-state index in [4.69, 9.17) is 28.3 Å². The Hall–Kier alpha value is -1.06. The van der Waals surface area contributed by atoms with Crippen LogP contribution >= 0.6 is 23.2 Å². The van der Waals surface area contributed by atoms with Crippen LogP contribution in [0.1, 0.15) is 29.7 Å². The Morgan fingerprint density at radius 2 is 1.70 bits per heavy atom. The molecule has 0 saturated carbocycles. The van der Waals surface area contributed by atoms with Gasteiger partial charge in [-0.1, -0.05) is 59.6 Å². The minimum Gasteiger partial charge on any atom is -0.392 e. The summed E-state index contributed by atoms with van der Waals surface area (Å²) in [6, 6.07) is 13.6. The molecule has 2 aromatic rings. The highest BCUT2D eigenvalue weighted by molar-refractivity contribution is 6.42. The Labute approximate surface area is 129 Å². The predicted molar refractivity (Wildman–Crippen MR) is 84.1 cm³/mol. The first-order valence-electron chi connectivity index (χ1n) is 6.47. The summed E-state index contributed by atoms with van der Waals surface area (Å²) in [6.45, 7) is 2.86. The zero-order chi connectivity index (χ0) is 14.5. The van der Waals surface area contributed by atoms with Crippen molar-refractivity contribution in [1.29, 1.82) is 0 Å². The van der Waals surface area contributed by atoms with Crippen molar-refractivity contribution in [3.05, 3.63) is 69.2 Å². The molecule has 106 valence electrons. The van der Waals surface area contributed by atoms with Crippen molar-refractivity contribution < 1.29 is 5.11 Å². The first-order valence-corrected chi connectivity index (χ1v) is 7.23. The lowest BCUT2D eigenvalue weighted by Gasteiger charge is -2.16. The van der Waals surface area contributed by atoms with E-state index in [9.17, 15) is 0 Å². The zero-order valence-electron chi connectivity index (χ0n) is 11.2. The van der Waals surface area contributed by atoms with E-state index in [0.29, 0.717) is 10.0 Å². The van der Waals surface area contributed by atoms with Crippen LogP contribution in [-0.2, 0) is 13.2 Å². The molecular weight excluding hydrogens is 293 g/mol. The van der Waals surface area contributed by atoms with Crippen LogP contribution in [0.4, 0.5) is 0 Å². The standard InChI is InChI=1S/C16H17Cl2NO/c1-11(14-3-2-4-15(17)16(14)18)19-9-12-5-7-13(10-20)8-6-12/h2-8,11,19-20H,9-10H2,1H3. The average Bonchev–Trinajstić information content (AvgIpc) is 2.48. The summed E-state index contributed by atoms with van der Waals surface area (Å²) in [5.74, 6) is 0. The smallest absolute Gasteiger partial charge is 0.0681 e. The maximum absolute atomic E-state index is 9.01. The first-order chi connectivity index (χ1) is 9.61. The molecule has 0 amide bonds. The van der Waals surface area contributed by atoms with E-state index in [2.05, 4.69) is 12.2 Å². The number of nitrogens with one attached hydrogen (secondary N) is 1. The topological polar surface area (TPSA) is 32.3 Å². The second-order valence-electron chi connectivity index (χ2n) is 4.72. The second kappa shape index (κ2) is 7.09. The molecule has 2 aromatic carbocycles. The summed E-state index contributed by atoms with van der Waals surface area (Å²) in [5, 5.41) is 13.6. The minimum atomic E-state index is 0.0717. The quantitative estimate of drug-likeness (QED) is 0.861. The Morgan fingerprint density at radius 3 is 2.35 bits per heavy atom. The molecule has 0 aliphatic heterocycles. The minimum absolute atomic E-state index is 0.0717. The number of benzene rings is 2. The van der Waals surface area contributed by atoms with Crippen molar-refractivity contribution >= 4 is 23.2 Å². The Balaban J connectivity index is 2.00. The van der Waals surface area contributed by atoms with Gasteiger partial charge in [-0.3, -0.25) is 0 Å². The number of aliphatic hydroxyl groups excluding tert-OH is 1.